The van der Waals surface area contributed by atoms with Crippen LogP contribution in [0.25, 0.3) is 0 Å². The van der Waals surface area contributed by atoms with Gasteiger partial charge in [0, 0.05) is 6.54 Å². The summed E-state index contributed by atoms with van der Waals surface area (Å²) in [4.78, 5) is 11.9. The summed E-state index contributed by atoms with van der Waals surface area (Å²) in [5.74, 6) is -2.02. The van der Waals surface area contributed by atoms with Gasteiger partial charge in [0.1, 0.15) is 0 Å². The van der Waals surface area contributed by atoms with Crippen molar-refractivity contribution < 1.29 is 18.7 Å². The van der Waals surface area contributed by atoms with Gasteiger partial charge in [-0.1, -0.05) is 35.9 Å². The number of aliphatic hydroxyl groups excluding tert-OH is 1. The van der Waals surface area contributed by atoms with Crippen LogP contribution in [0.4, 0.5) is 13.6 Å². The predicted octanol–water partition coefficient (Wildman–Crippen LogP) is 3.19. The molecule has 3 N–H and O–H groups in total. The number of rotatable bonds is 5. The van der Waals surface area contributed by atoms with E-state index >= 15 is 0 Å². The van der Waals surface area contributed by atoms with Gasteiger partial charge in [0.2, 0.25) is 0 Å². The Morgan fingerprint density at radius 3 is 2.58 bits per heavy atom. The fourth-order valence-corrected chi connectivity index (χ4v) is 2.33. The third-order valence-corrected chi connectivity index (χ3v) is 3.65. The van der Waals surface area contributed by atoms with Crippen LogP contribution in [0.5, 0.6) is 0 Å². The number of aryl methyl sites for hydroxylation is 1. The summed E-state index contributed by atoms with van der Waals surface area (Å²) in [5.41, 5.74) is 2.25. The van der Waals surface area contributed by atoms with Gasteiger partial charge in [-0.25, -0.2) is 13.6 Å². The molecule has 0 aliphatic rings. The highest BCUT2D eigenvalue weighted by Crippen LogP contribution is 2.19. The molecule has 24 heavy (non-hydrogen) atoms. The number of carbonyl (C=O) groups is 1. The first-order valence-corrected chi connectivity index (χ1v) is 7.59. The normalized spacial score (nSPS) is 13.2. The molecule has 0 aliphatic carbocycles. The minimum absolute atomic E-state index is 0.195. The molecule has 2 aromatic carbocycles. The summed E-state index contributed by atoms with van der Waals surface area (Å²) in [7, 11) is 0. The van der Waals surface area contributed by atoms with Crippen molar-refractivity contribution in [2.24, 2.45) is 0 Å². The predicted molar refractivity (Wildman–Crippen MR) is 87.3 cm³/mol. The Balaban J connectivity index is 1.89. The van der Waals surface area contributed by atoms with E-state index in [0.717, 1.165) is 23.3 Å². The van der Waals surface area contributed by atoms with Crippen molar-refractivity contribution in [3.05, 3.63) is 70.8 Å². The third-order valence-electron chi connectivity index (χ3n) is 3.65. The van der Waals surface area contributed by atoms with Crippen LogP contribution in [0, 0.1) is 18.6 Å². The summed E-state index contributed by atoms with van der Waals surface area (Å²) in [6, 6.07) is 9.74. The van der Waals surface area contributed by atoms with Gasteiger partial charge in [-0.3, -0.25) is 0 Å². The zero-order chi connectivity index (χ0) is 17.7. The van der Waals surface area contributed by atoms with E-state index < -0.39 is 29.8 Å². The van der Waals surface area contributed by atoms with Crippen molar-refractivity contribution in [3.63, 3.8) is 0 Å². The van der Waals surface area contributed by atoms with Gasteiger partial charge in [0.25, 0.3) is 0 Å². The summed E-state index contributed by atoms with van der Waals surface area (Å²) >= 11 is 0. The van der Waals surface area contributed by atoms with Gasteiger partial charge in [-0.15, -0.1) is 0 Å². The Hall–Kier alpha value is -2.47. The van der Waals surface area contributed by atoms with Crippen molar-refractivity contribution in [1.29, 1.82) is 0 Å². The van der Waals surface area contributed by atoms with Crippen LogP contribution < -0.4 is 10.6 Å². The maximum atomic E-state index is 13.2. The number of nitrogens with one attached hydrogen (secondary N) is 2. The fourth-order valence-electron chi connectivity index (χ4n) is 2.33. The lowest BCUT2D eigenvalue weighted by atomic mass is 10.0. The van der Waals surface area contributed by atoms with Crippen LogP contribution in [0.2, 0.25) is 0 Å². The molecular weight excluding hydrogens is 314 g/mol. The smallest absolute Gasteiger partial charge is 0.315 e. The number of halogens is 2. The number of urea groups is 1. The average Bonchev–Trinajstić information content (AvgIpc) is 2.55. The molecule has 2 amide bonds. The topological polar surface area (TPSA) is 61.4 Å². The van der Waals surface area contributed by atoms with E-state index in [9.17, 15) is 18.7 Å². The quantitative estimate of drug-likeness (QED) is 0.786. The molecule has 0 aromatic heterocycles. The van der Waals surface area contributed by atoms with Gasteiger partial charge >= 0.3 is 6.03 Å². The molecule has 0 radical (unpaired) electrons. The molecule has 2 atom stereocenters. The van der Waals surface area contributed by atoms with Crippen LogP contribution in [0.1, 0.15) is 29.7 Å². The summed E-state index contributed by atoms with van der Waals surface area (Å²) in [6.07, 6.45) is -1.15. The Morgan fingerprint density at radius 1 is 1.17 bits per heavy atom. The molecule has 0 bridgehead atoms. The third kappa shape index (κ3) is 4.76. The van der Waals surface area contributed by atoms with E-state index in [1.54, 1.807) is 6.92 Å². The number of carbonyl (C=O) groups excluding carboxylic acids is 1. The molecule has 2 rings (SSSR count). The second-order valence-corrected chi connectivity index (χ2v) is 5.72. The van der Waals surface area contributed by atoms with Crippen molar-refractivity contribution >= 4 is 6.03 Å². The van der Waals surface area contributed by atoms with E-state index in [1.165, 1.54) is 6.07 Å². The van der Waals surface area contributed by atoms with Crippen LogP contribution >= 0.6 is 0 Å². The highest BCUT2D eigenvalue weighted by molar-refractivity contribution is 5.74. The number of amides is 2. The average molecular weight is 334 g/mol. The molecule has 6 heteroatoms. The van der Waals surface area contributed by atoms with Gasteiger partial charge in [-0.2, -0.15) is 0 Å². The molecule has 2 aromatic rings. The number of aliphatic hydroxyl groups is 1. The Bertz CT molecular complexity index is 722. The van der Waals surface area contributed by atoms with Crippen LogP contribution in [0.15, 0.2) is 42.5 Å². The Labute approximate surface area is 139 Å². The fraction of sp³-hybridized carbons (Fsp3) is 0.278. The van der Waals surface area contributed by atoms with E-state index in [4.69, 9.17) is 0 Å². The van der Waals surface area contributed by atoms with Crippen molar-refractivity contribution in [1.82, 2.24) is 10.6 Å². The van der Waals surface area contributed by atoms with E-state index in [-0.39, 0.29) is 5.56 Å². The highest BCUT2D eigenvalue weighted by atomic mass is 19.2. The van der Waals surface area contributed by atoms with Crippen LogP contribution in [-0.2, 0) is 6.54 Å². The molecule has 2 unspecified atom stereocenters. The molecule has 0 saturated carbocycles. The molecule has 4 nitrogen and oxygen atoms in total. The summed E-state index contributed by atoms with van der Waals surface area (Å²) in [5, 5.41) is 15.4. The largest absolute Gasteiger partial charge is 0.386 e. The standard InChI is InChI=1S/C18H20F2N2O2/c1-11-4-3-5-13(8-11)10-21-18(24)22-12(2)17(23)14-6-7-15(19)16(20)9-14/h3-9,12,17,23H,10H2,1-2H3,(H2,21,22,24). The van der Waals surface area contributed by atoms with Crippen molar-refractivity contribution in [2.75, 3.05) is 0 Å². The van der Waals surface area contributed by atoms with Gasteiger partial charge in [-0.05, 0) is 37.1 Å². The highest BCUT2D eigenvalue weighted by Gasteiger charge is 2.19. The number of hydrogen-bond donors (Lipinski definition) is 3. The first-order valence-electron chi connectivity index (χ1n) is 7.59. The zero-order valence-electron chi connectivity index (χ0n) is 13.5. The van der Waals surface area contributed by atoms with Gasteiger partial charge < -0.3 is 15.7 Å². The molecule has 0 heterocycles. The SMILES string of the molecule is Cc1cccc(CNC(=O)NC(C)C(O)c2ccc(F)c(F)c2)c1. The second kappa shape index (κ2) is 7.88. The second-order valence-electron chi connectivity index (χ2n) is 5.72. The van der Waals surface area contributed by atoms with E-state index in [2.05, 4.69) is 10.6 Å². The minimum atomic E-state index is -1.15. The molecule has 0 spiro atoms. The first kappa shape index (κ1) is 17.9. The Morgan fingerprint density at radius 2 is 1.92 bits per heavy atom. The lowest BCUT2D eigenvalue weighted by molar-refractivity contribution is 0.137. The maximum Gasteiger partial charge on any atom is 0.315 e. The van der Waals surface area contributed by atoms with E-state index in [1.807, 2.05) is 31.2 Å². The van der Waals surface area contributed by atoms with Gasteiger partial charge in [0.15, 0.2) is 11.6 Å². The Kier molecular flexibility index (Phi) is 5.87. The van der Waals surface area contributed by atoms with Crippen molar-refractivity contribution in [2.45, 2.75) is 32.5 Å². The first-order chi connectivity index (χ1) is 11.4. The summed E-state index contributed by atoms with van der Waals surface area (Å²) < 4.78 is 26.1. The summed E-state index contributed by atoms with van der Waals surface area (Å²) in [6.45, 7) is 3.89. The van der Waals surface area contributed by atoms with Crippen molar-refractivity contribution in [3.8, 4) is 0 Å². The molecule has 0 aliphatic heterocycles. The molecule has 0 saturated heterocycles. The monoisotopic (exact) mass is 334 g/mol. The molecule has 128 valence electrons. The van der Waals surface area contributed by atoms with Crippen LogP contribution in [-0.4, -0.2) is 17.2 Å². The van der Waals surface area contributed by atoms with E-state index in [0.29, 0.717) is 6.54 Å². The zero-order valence-corrected chi connectivity index (χ0v) is 13.5. The maximum absolute atomic E-state index is 13.2. The van der Waals surface area contributed by atoms with Gasteiger partial charge in [0.05, 0.1) is 12.1 Å². The number of benzene rings is 2. The molecular formula is C18H20F2N2O2. The minimum Gasteiger partial charge on any atom is -0.386 e. The molecule has 0 fully saturated rings. The lowest BCUT2D eigenvalue weighted by Crippen LogP contribution is -2.43. The number of hydrogen-bond acceptors (Lipinski definition) is 2. The van der Waals surface area contributed by atoms with Crippen LogP contribution in [0.3, 0.4) is 0 Å². The lowest BCUT2D eigenvalue weighted by Gasteiger charge is -2.21.